The molecule has 1 aliphatic rings. The highest BCUT2D eigenvalue weighted by Crippen LogP contribution is 2.21. The molecular weight excluding hydrogens is 396 g/mol. The molecule has 0 aliphatic carbocycles. The Bertz CT molecular complexity index is 812. The van der Waals surface area contributed by atoms with Gasteiger partial charge in [0.15, 0.2) is 0 Å². The van der Waals surface area contributed by atoms with Crippen molar-refractivity contribution in [3.05, 3.63) is 29.8 Å². The van der Waals surface area contributed by atoms with Gasteiger partial charge < -0.3 is 14.8 Å². The average Bonchev–Trinajstić information content (AvgIpc) is 2.64. The fourth-order valence-corrected chi connectivity index (χ4v) is 4.62. The zero-order valence-corrected chi connectivity index (χ0v) is 18.4. The highest BCUT2D eigenvalue weighted by atomic mass is 32.2. The van der Waals surface area contributed by atoms with Crippen LogP contribution in [0.15, 0.2) is 29.2 Å². The maximum atomic E-state index is 12.9. The second kappa shape index (κ2) is 9.69. The molecule has 1 amide bonds. The summed E-state index contributed by atoms with van der Waals surface area (Å²) in [6.07, 6.45) is -0.571. The Balaban J connectivity index is 2.00. The number of hydrogen-bond acceptors (Lipinski definition) is 6. The van der Waals surface area contributed by atoms with E-state index in [9.17, 15) is 18.0 Å². The second-order valence-electron chi connectivity index (χ2n) is 7.70. The van der Waals surface area contributed by atoms with Gasteiger partial charge in [0.2, 0.25) is 10.0 Å². The number of ether oxygens (including phenoxy) is 2. The van der Waals surface area contributed by atoms with Crippen LogP contribution < -0.4 is 5.32 Å². The highest BCUT2D eigenvalue weighted by molar-refractivity contribution is 7.89. The summed E-state index contributed by atoms with van der Waals surface area (Å²) in [5, 5.41) is 2.67. The second-order valence-corrected chi connectivity index (χ2v) is 9.64. The third kappa shape index (κ3) is 6.25. The van der Waals surface area contributed by atoms with Gasteiger partial charge in [-0.1, -0.05) is 6.92 Å². The monoisotopic (exact) mass is 426 g/mol. The molecule has 0 radical (unpaired) electrons. The van der Waals surface area contributed by atoms with Crippen LogP contribution in [0.3, 0.4) is 0 Å². The lowest BCUT2D eigenvalue weighted by molar-refractivity contribution is -0.151. The quantitative estimate of drug-likeness (QED) is 0.667. The summed E-state index contributed by atoms with van der Waals surface area (Å²) in [6.45, 7) is 9.58. The minimum atomic E-state index is -3.66. The van der Waals surface area contributed by atoms with Crippen LogP contribution >= 0.6 is 0 Å². The first-order valence-electron chi connectivity index (χ1n) is 9.75. The SMILES string of the molecule is CC(C)OC(=O)[C@@H](C)CNC(=O)c1ccc(S(=O)(=O)N2C[C@@H](C)O[C@@H](C)C2)cc1. The molecule has 3 atom stereocenters. The number of nitrogens with one attached hydrogen (secondary N) is 1. The predicted molar refractivity (Wildman–Crippen MR) is 108 cm³/mol. The average molecular weight is 427 g/mol. The third-order valence-electron chi connectivity index (χ3n) is 4.46. The maximum Gasteiger partial charge on any atom is 0.310 e. The van der Waals surface area contributed by atoms with Gasteiger partial charge in [-0.25, -0.2) is 8.42 Å². The largest absolute Gasteiger partial charge is 0.463 e. The Hall–Kier alpha value is -1.97. The number of sulfonamides is 1. The maximum absolute atomic E-state index is 12.9. The molecule has 0 spiro atoms. The molecule has 9 heteroatoms. The van der Waals surface area contributed by atoms with Gasteiger partial charge in [-0.3, -0.25) is 9.59 Å². The molecule has 1 aromatic carbocycles. The van der Waals surface area contributed by atoms with Gasteiger partial charge >= 0.3 is 5.97 Å². The van der Waals surface area contributed by atoms with Crippen LogP contribution in [-0.2, 0) is 24.3 Å². The van der Waals surface area contributed by atoms with E-state index in [0.29, 0.717) is 18.7 Å². The number of hydrogen-bond donors (Lipinski definition) is 1. The van der Waals surface area contributed by atoms with Crippen LogP contribution in [-0.4, -0.2) is 62.5 Å². The van der Waals surface area contributed by atoms with E-state index in [4.69, 9.17) is 9.47 Å². The summed E-state index contributed by atoms with van der Waals surface area (Å²) in [4.78, 5) is 24.2. The van der Waals surface area contributed by atoms with Crippen molar-refractivity contribution in [3.8, 4) is 0 Å². The van der Waals surface area contributed by atoms with Crippen molar-refractivity contribution < 1.29 is 27.5 Å². The highest BCUT2D eigenvalue weighted by Gasteiger charge is 2.32. The third-order valence-corrected chi connectivity index (χ3v) is 6.31. The van der Waals surface area contributed by atoms with Crippen LogP contribution in [0.25, 0.3) is 0 Å². The van der Waals surface area contributed by atoms with Crippen molar-refractivity contribution in [2.24, 2.45) is 5.92 Å². The fourth-order valence-electron chi connectivity index (χ4n) is 3.03. The Morgan fingerprint density at radius 1 is 1.14 bits per heavy atom. The van der Waals surface area contributed by atoms with Gasteiger partial charge in [0.05, 0.1) is 29.1 Å². The van der Waals surface area contributed by atoms with Crippen LogP contribution in [0, 0.1) is 5.92 Å². The van der Waals surface area contributed by atoms with Crippen molar-refractivity contribution in [1.82, 2.24) is 9.62 Å². The molecule has 8 nitrogen and oxygen atoms in total. The Morgan fingerprint density at radius 2 is 1.69 bits per heavy atom. The summed E-state index contributed by atoms with van der Waals surface area (Å²) >= 11 is 0. The topological polar surface area (TPSA) is 102 Å². The lowest BCUT2D eigenvalue weighted by Crippen LogP contribution is -2.48. The number of benzene rings is 1. The number of amides is 1. The molecule has 1 aliphatic heterocycles. The van der Waals surface area contributed by atoms with E-state index in [-0.39, 0.29) is 41.6 Å². The normalized spacial score (nSPS) is 21.6. The summed E-state index contributed by atoms with van der Waals surface area (Å²) in [5.41, 5.74) is 0.317. The molecule has 1 N–H and O–H groups in total. The van der Waals surface area contributed by atoms with Gasteiger partial charge in [-0.15, -0.1) is 0 Å². The molecular formula is C20H30N2O6S. The lowest BCUT2D eigenvalue weighted by atomic mass is 10.1. The fraction of sp³-hybridized carbons (Fsp3) is 0.600. The zero-order valence-electron chi connectivity index (χ0n) is 17.5. The van der Waals surface area contributed by atoms with Crippen molar-refractivity contribution in [3.63, 3.8) is 0 Å². The van der Waals surface area contributed by atoms with Gasteiger partial charge in [0, 0.05) is 25.2 Å². The van der Waals surface area contributed by atoms with Crippen molar-refractivity contribution in [2.75, 3.05) is 19.6 Å². The van der Waals surface area contributed by atoms with Gasteiger partial charge in [0.25, 0.3) is 5.91 Å². The molecule has 29 heavy (non-hydrogen) atoms. The van der Waals surface area contributed by atoms with Crippen molar-refractivity contribution >= 4 is 21.9 Å². The number of morpholine rings is 1. The molecule has 0 unspecified atom stereocenters. The predicted octanol–water partition coefficient (Wildman–Crippen LogP) is 1.80. The molecule has 0 bridgehead atoms. The number of rotatable bonds is 7. The molecule has 2 rings (SSSR count). The van der Waals surface area contributed by atoms with Gasteiger partial charge in [0.1, 0.15) is 0 Å². The van der Waals surface area contributed by atoms with Crippen LogP contribution in [0.1, 0.15) is 45.0 Å². The Morgan fingerprint density at radius 3 is 2.21 bits per heavy atom. The smallest absolute Gasteiger partial charge is 0.310 e. The minimum Gasteiger partial charge on any atom is -0.463 e. The van der Waals surface area contributed by atoms with E-state index in [1.165, 1.54) is 28.6 Å². The van der Waals surface area contributed by atoms with E-state index >= 15 is 0 Å². The zero-order chi connectivity index (χ0) is 21.8. The molecule has 1 saturated heterocycles. The first-order valence-corrected chi connectivity index (χ1v) is 11.2. The van der Waals surface area contributed by atoms with E-state index in [2.05, 4.69) is 5.32 Å². The first-order chi connectivity index (χ1) is 13.5. The summed E-state index contributed by atoms with van der Waals surface area (Å²) in [7, 11) is -3.66. The summed E-state index contributed by atoms with van der Waals surface area (Å²) < 4.78 is 37.8. The minimum absolute atomic E-state index is 0.129. The van der Waals surface area contributed by atoms with Gasteiger partial charge in [-0.2, -0.15) is 4.31 Å². The van der Waals surface area contributed by atoms with Crippen LogP contribution in [0.4, 0.5) is 0 Å². The number of esters is 1. The summed E-state index contributed by atoms with van der Waals surface area (Å²) in [5.74, 6) is -1.24. The lowest BCUT2D eigenvalue weighted by Gasteiger charge is -2.34. The van der Waals surface area contributed by atoms with E-state index in [1.807, 2.05) is 13.8 Å². The van der Waals surface area contributed by atoms with Gasteiger partial charge in [-0.05, 0) is 52.0 Å². The molecule has 1 heterocycles. The molecule has 1 fully saturated rings. The van der Waals surface area contributed by atoms with Crippen molar-refractivity contribution in [1.29, 1.82) is 0 Å². The van der Waals surface area contributed by atoms with E-state index in [0.717, 1.165) is 0 Å². The number of carbonyl (C=O) groups excluding carboxylic acids is 2. The van der Waals surface area contributed by atoms with Crippen LogP contribution in [0.5, 0.6) is 0 Å². The Labute approximate surface area is 172 Å². The van der Waals surface area contributed by atoms with Crippen molar-refractivity contribution in [2.45, 2.75) is 57.8 Å². The molecule has 0 aromatic heterocycles. The van der Waals surface area contributed by atoms with E-state index in [1.54, 1.807) is 20.8 Å². The summed E-state index contributed by atoms with van der Waals surface area (Å²) in [6, 6.07) is 5.77. The Kier molecular flexibility index (Phi) is 7.79. The van der Waals surface area contributed by atoms with Crippen LogP contribution in [0.2, 0.25) is 0 Å². The molecule has 162 valence electrons. The standard InChI is InChI=1S/C20H30N2O6S/c1-13(2)27-20(24)14(3)10-21-19(23)17-6-8-18(9-7-17)29(25,26)22-11-15(4)28-16(5)12-22/h6-9,13-16H,10-12H2,1-5H3,(H,21,23)/t14-,15-,16+/m0/s1. The number of nitrogens with zero attached hydrogens (tertiary/aromatic N) is 1. The molecule has 1 aromatic rings. The molecule has 0 saturated carbocycles. The van der Waals surface area contributed by atoms with E-state index < -0.39 is 15.9 Å². The number of carbonyl (C=O) groups is 2. The first kappa shape index (κ1) is 23.3.